The molecule has 31 heavy (non-hydrogen) atoms. The number of nitrogens with one attached hydrogen (secondary N) is 2. The van der Waals surface area contributed by atoms with Gasteiger partial charge in [0.15, 0.2) is 0 Å². The van der Waals surface area contributed by atoms with Gasteiger partial charge in [0.05, 0.1) is 33.4 Å². The van der Waals surface area contributed by atoms with E-state index in [1.165, 1.54) is 7.11 Å². The average molecular weight is 431 g/mol. The summed E-state index contributed by atoms with van der Waals surface area (Å²) in [4.78, 5) is 35.0. The third-order valence-corrected chi connectivity index (χ3v) is 5.41. The number of carbonyl (C=O) groups is 2. The molecule has 2 heterocycles. The third-order valence-electron chi connectivity index (χ3n) is 5.41. The Hall–Kier alpha value is -3.23. The molecule has 2 aromatic rings. The molecule has 2 atom stereocenters. The van der Waals surface area contributed by atoms with Gasteiger partial charge in [-0.15, -0.1) is 0 Å². The number of carbonyl (C=O) groups excluding carboxylic acids is 2. The largest absolute Gasteiger partial charge is 0.497 e. The number of hydrogen-bond acceptors (Lipinski definition) is 6. The van der Waals surface area contributed by atoms with Crippen molar-refractivity contribution in [3.05, 3.63) is 41.5 Å². The van der Waals surface area contributed by atoms with Crippen LogP contribution in [0.1, 0.15) is 43.3 Å². The van der Waals surface area contributed by atoms with Crippen molar-refractivity contribution in [2.75, 3.05) is 27.9 Å². The number of hydrogen-bond donors (Lipinski definition) is 2. The van der Waals surface area contributed by atoms with Gasteiger partial charge in [0.2, 0.25) is 0 Å². The van der Waals surface area contributed by atoms with Gasteiger partial charge in [-0.3, -0.25) is 0 Å². The monoisotopic (exact) mass is 430 g/mol. The fourth-order valence-electron chi connectivity index (χ4n) is 3.92. The maximum absolute atomic E-state index is 13.4. The zero-order valence-electron chi connectivity index (χ0n) is 18.6. The van der Waals surface area contributed by atoms with Crippen molar-refractivity contribution in [1.82, 2.24) is 20.2 Å². The van der Waals surface area contributed by atoms with Gasteiger partial charge in [0, 0.05) is 24.2 Å². The first-order valence-electron chi connectivity index (χ1n) is 10.3. The summed E-state index contributed by atoms with van der Waals surface area (Å²) in [6.45, 7) is 4.42. The normalized spacial score (nSPS) is 16.5. The summed E-state index contributed by atoms with van der Waals surface area (Å²) in [7, 11) is 4.49. The number of aromatic nitrogens is 2. The number of H-pyrrole nitrogens is 1. The number of ether oxygens (including phenoxy) is 3. The lowest BCUT2D eigenvalue weighted by atomic mass is 9.94. The van der Waals surface area contributed by atoms with Gasteiger partial charge in [0.25, 0.3) is 0 Å². The number of aromatic amines is 1. The number of methoxy groups -OCH3 is 3. The summed E-state index contributed by atoms with van der Waals surface area (Å²) in [6, 6.07) is 3.86. The summed E-state index contributed by atoms with van der Waals surface area (Å²) in [5.41, 5.74) is 2.46. The molecule has 3 rings (SSSR count). The zero-order valence-corrected chi connectivity index (χ0v) is 18.6. The van der Waals surface area contributed by atoms with Gasteiger partial charge >= 0.3 is 12.0 Å². The zero-order chi connectivity index (χ0) is 22.5. The van der Waals surface area contributed by atoms with Crippen LogP contribution in [0.15, 0.2) is 24.5 Å². The van der Waals surface area contributed by atoms with E-state index in [9.17, 15) is 9.59 Å². The molecule has 2 N–H and O–H groups in total. The molecule has 0 fully saturated rings. The van der Waals surface area contributed by atoms with Crippen LogP contribution in [-0.2, 0) is 16.0 Å². The summed E-state index contributed by atoms with van der Waals surface area (Å²) in [5.74, 6) is 1.00. The van der Waals surface area contributed by atoms with Gasteiger partial charge in [-0.05, 0) is 30.5 Å². The summed E-state index contributed by atoms with van der Waals surface area (Å²) < 4.78 is 15.9. The number of amides is 2. The number of benzene rings is 1. The minimum absolute atomic E-state index is 0.206. The second kappa shape index (κ2) is 9.72. The molecule has 0 saturated heterocycles. The van der Waals surface area contributed by atoms with Gasteiger partial charge in [-0.25, -0.2) is 14.6 Å². The number of urea groups is 1. The predicted octanol–water partition coefficient (Wildman–Crippen LogP) is 2.67. The maximum Gasteiger partial charge on any atom is 0.328 e. The van der Waals surface area contributed by atoms with Crippen molar-refractivity contribution in [2.24, 2.45) is 5.92 Å². The molecule has 0 aliphatic carbocycles. The quantitative estimate of drug-likeness (QED) is 0.654. The molecule has 168 valence electrons. The second-order valence-corrected chi connectivity index (χ2v) is 7.87. The standard InChI is InChI=1S/C22H30N4O5/c1-13(2)10-17(21(27)31-5)25-22(28)26-9-8-16-19(24-12-23-16)20(26)15-11-14(29-3)6-7-18(15)30-4/h6-7,11-13,17,20H,8-10H2,1-5H3,(H,23,24)(H,25,28)/t17-,20+/m0/s1. The van der Waals surface area contributed by atoms with Crippen LogP contribution in [0.3, 0.4) is 0 Å². The van der Waals surface area contributed by atoms with E-state index < -0.39 is 18.1 Å². The fourth-order valence-corrected chi connectivity index (χ4v) is 3.92. The summed E-state index contributed by atoms with van der Waals surface area (Å²) in [6.07, 6.45) is 2.73. The Morgan fingerprint density at radius 3 is 2.68 bits per heavy atom. The Labute approximate surface area is 182 Å². The number of imidazole rings is 1. The molecular formula is C22H30N4O5. The molecule has 9 nitrogen and oxygen atoms in total. The predicted molar refractivity (Wildman–Crippen MR) is 114 cm³/mol. The van der Waals surface area contributed by atoms with Crippen LogP contribution in [0.25, 0.3) is 0 Å². The highest BCUT2D eigenvalue weighted by Crippen LogP contribution is 2.39. The molecule has 1 aliphatic heterocycles. The van der Waals surface area contributed by atoms with Gasteiger partial charge in [0.1, 0.15) is 23.6 Å². The highest BCUT2D eigenvalue weighted by atomic mass is 16.5. The average Bonchev–Trinajstić information content (AvgIpc) is 3.25. The molecule has 9 heteroatoms. The van der Waals surface area contributed by atoms with Crippen LogP contribution in [-0.4, -0.2) is 60.8 Å². The number of nitrogens with zero attached hydrogens (tertiary/aromatic N) is 2. The molecule has 0 saturated carbocycles. The van der Waals surface area contributed by atoms with E-state index in [1.54, 1.807) is 37.6 Å². The molecular weight excluding hydrogens is 400 g/mol. The first kappa shape index (κ1) is 22.5. The van der Waals surface area contributed by atoms with Crippen LogP contribution >= 0.6 is 0 Å². The van der Waals surface area contributed by atoms with E-state index in [-0.39, 0.29) is 11.9 Å². The van der Waals surface area contributed by atoms with E-state index in [2.05, 4.69) is 15.3 Å². The topological polar surface area (TPSA) is 106 Å². The van der Waals surface area contributed by atoms with E-state index in [0.717, 1.165) is 17.0 Å². The third kappa shape index (κ3) is 4.76. The van der Waals surface area contributed by atoms with Crippen LogP contribution in [0.2, 0.25) is 0 Å². The fraction of sp³-hybridized carbons (Fsp3) is 0.500. The Morgan fingerprint density at radius 2 is 2.03 bits per heavy atom. The minimum atomic E-state index is -0.731. The lowest BCUT2D eigenvalue weighted by molar-refractivity contribution is -0.143. The van der Waals surface area contributed by atoms with Crippen molar-refractivity contribution in [3.8, 4) is 11.5 Å². The molecule has 0 radical (unpaired) electrons. The summed E-state index contributed by atoms with van der Waals surface area (Å²) >= 11 is 0. The summed E-state index contributed by atoms with van der Waals surface area (Å²) in [5, 5.41) is 2.86. The van der Waals surface area contributed by atoms with E-state index in [0.29, 0.717) is 30.9 Å². The highest BCUT2D eigenvalue weighted by molar-refractivity contribution is 5.84. The van der Waals surface area contributed by atoms with Crippen molar-refractivity contribution >= 4 is 12.0 Å². The molecule has 0 unspecified atom stereocenters. The first-order chi connectivity index (χ1) is 14.9. The van der Waals surface area contributed by atoms with Gasteiger partial charge < -0.3 is 29.4 Å². The van der Waals surface area contributed by atoms with E-state index >= 15 is 0 Å². The molecule has 2 amide bonds. The minimum Gasteiger partial charge on any atom is -0.497 e. The number of fused-ring (bicyclic) bond motifs is 1. The van der Waals surface area contributed by atoms with E-state index in [4.69, 9.17) is 14.2 Å². The van der Waals surface area contributed by atoms with Gasteiger partial charge in [-0.1, -0.05) is 13.8 Å². The maximum atomic E-state index is 13.4. The SMILES string of the molecule is COC(=O)[C@H](CC(C)C)NC(=O)N1CCc2[nH]cnc2[C@H]1c1cc(OC)ccc1OC. The number of esters is 1. The van der Waals surface area contributed by atoms with Crippen molar-refractivity contribution < 1.29 is 23.8 Å². The number of rotatable bonds is 7. The highest BCUT2D eigenvalue weighted by Gasteiger charge is 2.37. The van der Waals surface area contributed by atoms with Crippen molar-refractivity contribution in [3.63, 3.8) is 0 Å². The van der Waals surface area contributed by atoms with Crippen LogP contribution in [0.4, 0.5) is 4.79 Å². The molecule has 1 aromatic heterocycles. The molecule has 0 bridgehead atoms. The van der Waals surface area contributed by atoms with Crippen LogP contribution < -0.4 is 14.8 Å². The lowest BCUT2D eigenvalue weighted by Gasteiger charge is -2.36. The van der Waals surface area contributed by atoms with E-state index in [1.807, 2.05) is 19.9 Å². The Kier molecular flexibility index (Phi) is 7.04. The van der Waals surface area contributed by atoms with Crippen molar-refractivity contribution in [2.45, 2.75) is 38.8 Å². The Morgan fingerprint density at radius 1 is 1.26 bits per heavy atom. The molecule has 1 aromatic carbocycles. The first-order valence-corrected chi connectivity index (χ1v) is 10.3. The molecule has 1 aliphatic rings. The van der Waals surface area contributed by atoms with Crippen LogP contribution in [0, 0.1) is 5.92 Å². The van der Waals surface area contributed by atoms with Crippen molar-refractivity contribution in [1.29, 1.82) is 0 Å². The van der Waals surface area contributed by atoms with Gasteiger partial charge in [-0.2, -0.15) is 0 Å². The molecule has 0 spiro atoms. The van der Waals surface area contributed by atoms with Crippen LogP contribution in [0.5, 0.6) is 11.5 Å². The second-order valence-electron chi connectivity index (χ2n) is 7.87. The Balaban J connectivity index is 1.99. The lowest BCUT2D eigenvalue weighted by Crippen LogP contribution is -2.51. The Bertz CT molecular complexity index is 926. The smallest absolute Gasteiger partial charge is 0.328 e.